The van der Waals surface area contributed by atoms with Gasteiger partial charge in [-0.05, 0) is 150 Å². The molecule has 4 aromatic heterocycles. The van der Waals surface area contributed by atoms with E-state index < -0.39 is 26.3 Å². The maximum Gasteiger partial charge on any atom is 0.335 e. The van der Waals surface area contributed by atoms with Crippen molar-refractivity contribution in [1.82, 2.24) is 59.1 Å². The van der Waals surface area contributed by atoms with Crippen LogP contribution >= 0.6 is 33.0 Å². The summed E-state index contributed by atoms with van der Waals surface area (Å²) in [5.74, 6) is 2.64. The largest absolute Gasteiger partial charge is 0.478 e. The van der Waals surface area contributed by atoms with E-state index in [4.69, 9.17) is 41.5 Å². The summed E-state index contributed by atoms with van der Waals surface area (Å²) in [5.41, 5.74) is 27.4. The van der Waals surface area contributed by atoms with Crippen LogP contribution in [0.5, 0.6) is 0 Å². The molecule has 0 radical (unpaired) electrons. The summed E-state index contributed by atoms with van der Waals surface area (Å²) < 4.78 is 18.5. The molecule has 0 aliphatic rings. The number of nitrogens with zero attached hydrogens (tertiary/aromatic N) is 11. The normalized spacial score (nSPS) is 11.6. The molecule has 3 atom stereocenters. The summed E-state index contributed by atoms with van der Waals surface area (Å²) in [7, 11) is 7.36. The minimum Gasteiger partial charge on any atom is -0.478 e. The van der Waals surface area contributed by atoms with Crippen LogP contribution in [0.2, 0.25) is 0 Å². The fourth-order valence-electron chi connectivity index (χ4n) is 17.7. The van der Waals surface area contributed by atoms with Crippen molar-refractivity contribution in [2.45, 2.75) is 223 Å². The predicted molar refractivity (Wildman–Crippen MR) is 592 cm³/mol. The molecule has 0 aliphatic carbocycles. The van der Waals surface area contributed by atoms with Gasteiger partial charge in [0.15, 0.2) is 6.29 Å². The van der Waals surface area contributed by atoms with Crippen molar-refractivity contribution in [3.63, 3.8) is 0 Å². The zero-order valence-corrected chi connectivity index (χ0v) is 87.6. The molecule has 0 aliphatic heterocycles. The first-order valence-electron chi connectivity index (χ1n) is 49.9. The standard InChI is InChI=1S/C33H38ClN3O.C33H40N4O.C33H39N3O2.C20H20N2O.Cl2OS.H3N.H2O/c2*1-4-6-22-36(24-26-18-20-28(21-19-26)32(34)38)25(3)31-30(27-14-10-8-11-15-27)35-33(37(31)23-7-5-2)29-16-12-9-13-17-29;1-4-6-22-35(24-26-18-20-29(21-19-26)33(37)38)25(3)31-30(27-14-10-8-11-15-27)34-32(36(31)23-7-5-2)28-16-12-9-13-17-28;1-2-3-14-22-18(15-23)19(16-10-6-4-7-11-16)21-20(22)17-12-8-5-9-13-17;1-4(2)3;;/h8-21,25H,4-7,22-24H2,1-3H3;8-21,25H,4-7,22-24H2,1-3H3,(H2,34,38);8-21,25H,4-7,22-24H2,1-3H3,(H,37,38);4-13,15H,2-3,14H2,1H3;;1H3;1H2/t3*25-;;;;/m111..../s1. The number of carboxylic acids is 1. The summed E-state index contributed by atoms with van der Waals surface area (Å²) in [5, 5.41) is 8.90. The molecule has 0 spiro atoms. The topological polar surface area (TPSA) is 279 Å². The third-order valence-electron chi connectivity index (χ3n) is 25.4. The minimum absolute atomic E-state index is 0. The lowest BCUT2D eigenvalue weighted by Gasteiger charge is -2.31. The van der Waals surface area contributed by atoms with E-state index in [9.17, 15) is 24.3 Å². The third kappa shape index (κ3) is 32.2. The fourth-order valence-corrected chi connectivity index (χ4v) is 17.8. The average molecular weight is 2000 g/mol. The van der Waals surface area contributed by atoms with E-state index in [0.717, 1.165) is 258 Å². The Balaban J connectivity index is 0.000000212. The summed E-state index contributed by atoms with van der Waals surface area (Å²) in [6.07, 6.45) is 16.3. The Morgan fingerprint density at radius 3 is 0.790 bits per heavy atom. The Labute approximate surface area is 863 Å². The molecule has 15 aromatic rings. The number of primary amides is 1. The highest BCUT2D eigenvalue weighted by atomic mass is 36.0. The van der Waals surface area contributed by atoms with Gasteiger partial charge in [0.2, 0.25) is 15.1 Å². The number of carbonyl (C=O) groups is 4. The monoisotopic (exact) mass is 2000 g/mol. The quantitative estimate of drug-likeness (QED) is 0.0236. The van der Waals surface area contributed by atoms with Crippen molar-refractivity contribution in [3.05, 3.63) is 372 Å². The molecule has 20 nitrogen and oxygen atoms in total. The highest BCUT2D eigenvalue weighted by Gasteiger charge is 2.33. The van der Waals surface area contributed by atoms with Gasteiger partial charge in [0.25, 0.3) is 5.24 Å². The lowest BCUT2D eigenvalue weighted by atomic mass is 10.0. The second-order valence-corrected chi connectivity index (χ2v) is 38.3. The molecule has 0 saturated heterocycles. The van der Waals surface area contributed by atoms with Crippen molar-refractivity contribution in [2.24, 2.45) is 5.73 Å². The molecule has 24 heteroatoms. The molecule has 1 amide bonds. The van der Waals surface area contributed by atoms with Crippen LogP contribution in [0.3, 0.4) is 0 Å². The number of benzene rings is 11. The number of imidazole rings is 4. The summed E-state index contributed by atoms with van der Waals surface area (Å²) >= 11 is 5.69. The van der Waals surface area contributed by atoms with E-state index in [-0.39, 0.29) is 29.8 Å². The molecule has 11 aromatic carbocycles. The Bertz CT molecular complexity index is 5830. The molecule has 752 valence electrons. The van der Waals surface area contributed by atoms with Crippen LogP contribution in [-0.4, -0.2) is 111 Å². The zero-order valence-electron chi connectivity index (χ0n) is 84.5. The molecule has 8 N–H and O–H groups in total. The number of nitrogens with two attached hydrogens (primary N) is 1. The number of carboxylic acid groups (broad SMARTS) is 1. The number of rotatable bonds is 45. The van der Waals surface area contributed by atoms with Crippen molar-refractivity contribution in [3.8, 4) is 90.6 Å². The first kappa shape index (κ1) is 114. The van der Waals surface area contributed by atoms with E-state index in [1.807, 2.05) is 138 Å². The van der Waals surface area contributed by atoms with E-state index in [1.165, 1.54) is 28.2 Å². The third-order valence-corrected chi connectivity index (χ3v) is 25.6. The van der Waals surface area contributed by atoms with Crippen molar-refractivity contribution in [2.75, 3.05) is 19.6 Å². The number of amides is 1. The second-order valence-electron chi connectivity index (χ2n) is 35.5. The van der Waals surface area contributed by atoms with E-state index in [2.05, 4.69) is 289 Å². The smallest absolute Gasteiger partial charge is 0.335 e. The molecule has 0 unspecified atom stereocenters. The summed E-state index contributed by atoms with van der Waals surface area (Å²) in [4.78, 5) is 74.6. The number of aromatic nitrogens is 8. The minimum atomic E-state index is -1.67. The van der Waals surface area contributed by atoms with Gasteiger partial charge in [-0.3, -0.25) is 29.1 Å². The number of hydrogen-bond acceptors (Lipinski definition) is 13. The van der Waals surface area contributed by atoms with Crippen LogP contribution in [0.15, 0.2) is 315 Å². The van der Waals surface area contributed by atoms with Crippen LogP contribution in [0.4, 0.5) is 0 Å². The van der Waals surface area contributed by atoms with E-state index >= 15 is 0 Å². The molecule has 143 heavy (non-hydrogen) atoms. The Morgan fingerprint density at radius 1 is 0.343 bits per heavy atom. The maximum absolute atomic E-state index is 11.8. The summed E-state index contributed by atoms with van der Waals surface area (Å²) in [6.45, 7) is 31.2. The van der Waals surface area contributed by atoms with E-state index in [1.54, 1.807) is 12.1 Å². The molecular weight excluding hydrogens is 1860 g/mol. The fraction of sp³-hybridized carbons (Fsp3) is 0.311. The molecule has 0 fully saturated rings. The highest BCUT2D eigenvalue weighted by molar-refractivity contribution is 8.26. The molecule has 0 saturated carbocycles. The van der Waals surface area contributed by atoms with Crippen LogP contribution in [0.25, 0.3) is 90.6 Å². The number of aromatic carboxylic acids is 1. The Morgan fingerprint density at radius 2 is 0.559 bits per heavy atom. The van der Waals surface area contributed by atoms with Gasteiger partial charge in [0, 0.05) is 141 Å². The van der Waals surface area contributed by atoms with Gasteiger partial charge in [-0.2, -0.15) is 0 Å². The number of aldehydes is 1. The molecule has 4 heterocycles. The second kappa shape index (κ2) is 60.1. The SMILES string of the molecule is CCCCN(Cc1ccc(C(=O)Cl)cc1)[C@H](C)c1c(-c2ccccc2)nc(-c2ccccc2)n1CCCC.CCCCN(Cc1ccc(C(=O)O)cc1)[C@H](C)c1c(-c2ccccc2)nc(-c2ccccc2)n1CCCC.CCCCN(Cc1ccc(C(N)=O)cc1)[C@H](C)c1c(-c2ccccc2)nc(-c2ccccc2)n1CCCC.CCCCn1c(-c2ccccc2)nc(-c2ccccc2)c1C=O.N.O.O=S(Cl)Cl. The Hall–Kier alpha value is -12.6. The van der Waals surface area contributed by atoms with Crippen molar-refractivity contribution < 1.29 is 34.0 Å². The van der Waals surface area contributed by atoms with Gasteiger partial charge in [0.05, 0.1) is 45.4 Å². The van der Waals surface area contributed by atoms with Crippen LogP contribution in [0.1, 0.15) is 253 Å². The number of hydrogen-bond donors (Lipinski definition) is 3. The molecular formula is C119H142Cl3N13O7S. The van der Waals surface area contributed by atoms with Crippen molar-refractivity contribution in [1.29, 1.82) is 0 Å². The van der Waals surface area contributed by atoms with Gasteiger partial charge in [-0.25, -0.2) is 28.9 Å². The van der Waals surface area contributed by atoms with Gasteiger partial charge < -0.3 is 40.7 Å². The van der Waals surface area contributed by atoms with Gasteiger partial charge in [0.1, 0.15) is 29.0 Å². The molecule has 0 bridgehead atoms. The average Bonchev–Trinajstić information content (AvgIpc) is 1.62. The lowest BCUT2D eigenvalue weighted by Crippen LogP contribution is -2.30. The first-order chi connectivity index (χ1) is 68.7. The lowest BCUT2D eigenvalue weighted by molar-refractivity contribution is 0.0696. The maximum atomic E-state index is 11.8. The molecule has 15 rings (SSSR count). The van der Waals surface area contributed by atoms with Gasteiger partial charge in [-0.15, -0.1) is 0 Å². The number of halogens is 3. The number of unbranched alkanes of at least 4 members (excludes halogenated alkanes) is 7. The summed E-state index contributed by atoms with van der Waals surface area (Å²) in [6, 6.07) is 106. The predicted octanol–water partition coefficient (Wildman–Crippen LogP) is 29.5. The number of carbonyl (C=O) groups excluding carboxylic acids is 3. The highest BCUT2D eigenvalue weighted by Crippen LogP contribution is 2.42. The van der Waals surface area contributed by atoms with E-state index in [0.29, 0.717) is 22.4 Å². The van der Waals surface area contributed by atoms with Gasteiger partial charge >= 0.3 is 5.97 Å². The Kier molecular flexibility index (Phi) is 47.9. The first-order valence-corrected chi connectivity index (χ1v) is 53.1. The zero-order chi connectivity index (χ0) is 100. The van der Waals surface area contributed by atoms with Crippen LogP contribution in [0, 0.1) is 0 Å². The van der Waals surface area contributed by atoms with Crippen molar-refractivity contribution >= 4 is 65.6 Å². The van der Waals surface area contributed by atoms with Crippen LogP contribution in [-0.2, 0) is 55.0 Å². The van der Waals surface area contributed by atoms with Crippen LogP contribution < -0.4 is 11.9 Å². The van der Waals surface area contributed by atoms with Gasteiger partial charge in [-0.1, -0.05) is 372 Å².